The molecule has 2 N–H and O–H groups in total. The van der Waals surface area contributed by atoms with E-state index in [1.165, 1.54) is 37.1 Å². The van der Waals surface area contributed by atoms with Crippen molar-refractivity contribution >= 4 is 0 Å². The summed E-state index contributed by atoms with van der Waals surface area (Å²) in [5, 5.41) is 3.48. The fourth-order valence-electron chi connectivity index (χ4n) is 2.96. The fraction of sp³-hybridized carbons (Fsp3) is 0.692. The molecular weight excluding hydrogens is 198 g/mol. The summed E-state index contributed by atoms with van der Waals surface area (Å²) in [6, 6.07) is 2.95. The normalized spacial score (nSPS) is 26.7. The molecule has 1 aromatic rings. The maximum Gasteiger partial charge on any atom is 0.0622 e. The van der Waals surface area contributed by atoms with Gasteiger partial charge >= 0.3 is 0 Å². The zero-order valence-electron chi connectivity index (χ0n) is 10.1. The van der Waals surface area contributed by atoms with Crippen LogP contribution in [0.5, 0.6) is 0 Å². The molecule has 3 heteroatoms. The molecule has 3 nitrogen and oxygen atoms in total. The number of H-pyrrole nitrogens is 1. The number of nitrogens with zero attached hydrogens (tertiary/aromatic N) is 1. The van der Waals surface area contributed by atoms with Gasteiger partial charge in [-0.2, -0.15) is 0 Å². The molecule has 0 bridgehead atoms. The maximum absolute atomic E-state index is 3.65. The van der Waals surface area contributed by atoms with Gasteiger partial charge in [0.25, 0.3) is 0 Å². The molecule has 0 spiro atoms. The van der Waals surface area contributed by atoms with Gasteiger partial charge in [0.05, 0.1) is 6.04 Å². The fourth-order valence-corrected chi connectivity index (χ4v) is 2.96. The number of rotatable bonds is 1. The number of hydrogen-bond donors (Lipinski definition) is 2. The lowest BCUT2D eigenvalue weighted by molar-refractivity contribution is 0.199. The second-order valence-corrected chi connectivity index (χ2v) is 5.14. The quantitative estimate of drug-likeness (QED) is 0.749. The van der Waals surface area contributed by atoms with E-state index in [4.69, 9.17) is 0 Å². The number of fused-ring (bicyclic) bond motifs is 1. The molecule has 88 valence electrons. The Kier molecular flexibility index (Phi) is 2.74. The van der Waals surface area contributed by atoms with Gasteiger partial charge in [-0.1, -0.05) is 0 Å². The van der Waals surface area contributed by atoms with E-state index in [9.17, 15) is 0 Å². The van der Waals surface area contributed by atoms with Crippen LogP contribution in [0.3, 0.4) is 0 Å². The standard InChI is InChI=1S/C13H21N3/c1-16-7-6-14-9-13(16)12-8-10-4-2-3-5-11(10)15-12/h8,13-15H,2-7,9H2,1H3. The van der Waals surface area contributed by atoms with Crippen molar-refractivity contribution in [2.45, 2.75) is 31.7 Å². The molecule has 1 fully saturated rings. The second-order valence-electron chi connectivity index (χ2n) is 5.14. The SMILES string of the molecule is CN1CCNCC1c1cc2c([nH]1)CCCC2. The van der Waals surface area contributed by atoms with Gasteiger partial charge in [0.1, 0.15) is 0 Å². The van der Waals surface area contributed by atoms with Crippen molar-refractivity contribution in [2.24, 2.45) is 0 Å². The van der Waals surface area contributed by atoms with E-state index >= 15 is 0 Å². The Hall–Kier alpha value is -0.800. The van der Waals surface area contributed by atoms with Gasteiger partial charge in [-0.25, -0.2) is 0 Å². The van der Waals surface area contributed by atoms with Crippen molar-refractivity contribution < 1.29 is 0 Å². The lowest BCUT2D eigenvalue weighted by Crippen LogP contribution is -2.43. The van der Waals surface area contributed by atoms with Gasteiger partial charge in [-0.15, -0.1) is 0 Å². The van der Waals surface area contributed by atoms with Crippen LogP contribution in [0.2, 0.25) is 0 Å². The highest BCUT2D eigenvalue weighted by molar-refractivity contribution is 5.30. The molecular formula is C13H21N3. The predicted octanol–water partition coefficient (Wildman–Crippen LogP) is 1.47. The number of aryl methyl sites for hydroxylation is 2. The average molecular weight is 219 g/mol. The lowest BCUT2D eigenvalue weighted by atomic mass is 9.98. The van der Waals surface area contributed by atoms with Gasteiger partial charge in [0.15, 0.2) is 0 Å². The second kappa shape index (κ2) is 4.22. The monoisotopic (exact) mass is 219 g/mol. The summed E-state index contributed by atoms with van der Waals surface area (Å²) in [5.74, 6) is 0. The Labute approximate surface area is 97.2 Å². The first-order valence-electron chi connectivity index (χ1n) is 6.46. The highest BCUT2D eigenvalue weighted by Gasteiger charge is 2.23. The Morgan fingerprint density at radius 3 is 3.00 bits per heavy atom. The van der Waals surface area contributed by atoms with E-state index in [-0.39, 0.29) is 0 Å². The molecule has 16 heavy (non-hydrogen) atoms. The highest BCUT2D eigenvalue weighted by Crippen LogP contribution is 2.27. The average Bonchev–Trinajstić information content (AvgIpc) is 2.73. The minimum Gasteiger partial charge on any atom is -0.361 e. The molecule has 1 atom stereocenters. The number of nitrogens with one attached hydrogen (secondary N) is 2. The Balaban J connectivity index is 1.85. The van der Waals surface area contributed by atoms with Crippen LogP contribution in [-0.2, 0) is 12.8 Å². The zero-order chi connectivity index (χ0) is 11.0. The molecule has 1 saturated heterocycles. The summed E-state index contributed by atoms with van der Waals surface area (Å²) in [7, 11) is 2.23. The molecule has 1 unspecified atom stereocenters. The maximum atomic E-state index is 3.65. The number of hydrogen-bond acceptors (Lipinski definition) is 2. The molecule has 0 amide bonds. The highest BCUT2D eigenvalue weighted by atomic mass is 15.2. The molecule has 2 heterocycles. The van der Waals surface area contributed by atoms with Crippen LogP contribution < -0.4 is 5.32 Å². The number of aromatic amines is 1. The topological polar surface area (TPSA) is 31.1 Å². The van der Waals surface area contributed by atoms with Crippen LogP contribution >= 0.6 is 0 Å². The van der Waals surface area contributed by atoms with Crippen LogP contribution in [0.1, 0.15) is 35.8 Å². The van der Waals surface area contributed by atoms with Crippen molar-refractivity contribution in [2.75, 3.05) is 26.7 Å². The zero-order valence-corrected chi connectivity index (χ0v) is 10.1. The smallest absolute Gasteiger partial charge is 0.0622 e. The van der Waals surface area contributed by atoms with Gasteiger partial charge in [0.2, 0.25) is 0 Å². The van der Waals surface area contributed by atoms with Crippen LogP contribution in [0.15, 0.2) is 6.07 Å². The molecule has 3 rings (SSSR count). The van der Waals surface area contributed by atoms with Crippen molar-refractivity contribution in [1.29, 1.82) is 0 Å². The van der Waals surface area contributed by atoms with E-state index in [1.807, 2.05) is 0 Å². The summed E-state index contributed by atoms with van der Waals surface area (Å²) < 4.78 is 0. The van der Waals surface area contributed by atoms with E-state index in [2.05, 4.69) is 28.3 Å². The third-order valence-corrected chi connectivity index (χ3v) is 4.01. The number of piperazine rings is 1. The van der Waals surface area contributed by atoms with Gasteiger partial charge in [-0.3, -0.25) is 4.90 Å². The molecule has 1 aliphatic carbocycles. The summed E-state index contributed by atoms with van der Waals surface area (Å²) in [5.41, 5.74) is 4.49. The Bertz CT molecular complexity index is 346. The first-order chi connectivity index (χ1) is 7.84. The van der Waals surface area contributed by atoms with Crippen molar-refractivity contribution in [3.05, 3.63) is 23.0 Å². The van der Waals surface area contributed by atoms with Gasteiger partial charge < -0.3 is 10.3 Å². The first kappa shape index (κ1) is 10.4. The third kappa shape index (κ3) is 1.78. The molecule has 1 aromatic heterocycles. The predicted molar refractivity (Wildman–Crippen MR) is 65.7 cm³/mol. The molecule has 2 aliphatic rings. The first-order valence-corrected chi connectivity index (χ1v) is 6.46. The summed E-state index contributed by atoms with van der Waals surface area (Å²) in [6.45, 7) is 3.34. The Morgan fingerprint density at radius 2 is 2.19 bits per heavy atom. The van der Waals surface area contributed by atoms with Crippen molar-refractivity contribution in [3.63, 3.8) is 0 Å². The van der Waals surface area contributed by atoms with E-state index in [0.717, 1.165) is 19.6 Å². The third-order valence-electron chi connectivity index (χ3n) is 4.01. The van der Waals surface area contributed by atoms with Gasteiger partial charge in [-0.05, 0) is 44.4 Å². The lowest BCUT2D eigenvalue weighted by Gasteiger charge is -2.32. The molecule has 0 saturated carbocycles. The molecule has 1 aliphatic heterocycles. The van der Waals surface area contributed by atoms with Gasteiger partial charge in [0, 0.05) is 31.0 Å². The Morgan fingerprint density at radius 1 is 1.31 bits per heavy atom. The van der Waals surface area contributed by atoms with Crippen LogP contribution in [-0.4, -0.2) is 36.6 Å². The van der Waals surface area contributed by atoms with E-state index in [0.29, 0.717) is 6.04 Å². The minimum atomic E-state index is 0.541. The largest absolute Gasteiger partial charge is 0.361 e. The molecule has 0 aromatic carbocycles. The summed E-state index contributed by atoms with van der Waals surface area (Å²) in [6.07, 6.45) is 5.24. The van der Waals surface area contributed by atoms with Crippen LogP contribution in [0, 0.1) is 0 Å². The van der Waals surface area contributed by atoms with E-state index in [1.54, 1.807) is 5.56 Å². The van der Waals surface area contributed by atoms with E-state index < -0.39 is 0 Å². The number of aromatic nitrogens is 1. The number of likely N-dealkylation sites (N-methyl/N-ethyl adjacent to an activating group) is 1. The van der Waals surface area contributed by atoms with Crippen molar-refractivity contribution in [3.8, 4) is 0 Å². The minimum absolute atomic E-state index is 0.541. The summed E-state index contributed by atoms with van der Waals surface area (Å²) in [4.78, 5) is 6.10. The summed E-state index contributed by atoms with van der Waals surface area (Å²) >= 11 is 0. The van der Waals surface area contributed by atoms with Crippen LogP contribution in [0.4, 0.5) is 0 Å². The van der Waals surface area contributed by atoms with Crippen molar-refractivity contribution in [1.82, 2.24) is 15.2 Å². The molecule has 0 radical (unpaired) electrons. The van der Waals surface area contributed by atoms with Crippen LogP contribution in [0.25, 0.3) is 0 Å².